The van der Waals surface area contributed by atoms with Gasteiger partial charge >= 0.3 is 0 Å². The molecular weight excluding hydrogens is 743 g/mol. The minimum Gasteiger partial charge on any atom is -0.488 e. The number of ether oxygens (including phenoxy) is 1. The van der Waals surface area contributed by atoms with E-state index in [9.17, 15) is 28.8 Å². The minimum absolute atomic E-state index is 0.00692. The Bertz CT molecular complexity index is 2390. The number of rotatable bonds is 9. The highest BCUT2D eigenvalue weighted by atomic mass is 16.5. The van der Waals surface area contributed by atoms with Gasteiger partial charge in [0, 0.05) is 75.4 Å². The number of aromatic nitrogens is 3. The fourth-order valence-electron chi connectivity index (χ4n) is 9.21. The number of piperidine rings is 3. The summed E-state index contributed by atoms with van der Waals surface area (Å²) in [5, 5.41) is 9.50. The van der Waals surface area contributed by atoms with Gasteiger partial charge in [0.05, 0.1) is 29.1 Å². The van der Waals surface area contributed by atoms with E-state index in [0.29, 0.717) is 46.2 Å². The molecule has 10 rings (SSSR count). The minimum atomic E-state index is -0.982. The van der Waals surface area contributed by atoms with E-state index in [1.807, 2.05) is 17.0 Å². The average molecular weight is 786 g/mol. The lowest BCUT2D eigenvalue weighted by Gasteiger charge is -2.40. The van der Waals surface area contributed by atoms with Crippen LogP contribution < -0.4 is 20.3 Å². The number of nitrogens with one attached hydrogen (secondary N) is 2. The number of benzene rings is 2. The molecule has 2 aromatic heterocycles. The van der Waals surface area contributed by atoms with Crippen LogP contribution in [-0.4, -0.2) is 116 Å². The van der Waals surface area contributed by atoms with Gasteiger partial charge < -0.3 is 24.8 Å². The fourth-order valence-corrected chi connectivity index (χ4v) is 9.21. The van der Waals surface area contributed by atoms with Crippen LogP contribution in [0.5, 0.6) is 5.75 Å². The Hall–Kier alpha value is -6.16. The fraction of sp³-hybridized carbons (Fsp3) is 0.429. The predicted molar refractivity (Wildman–Crippen MR) is 208 cm³/mol. The molecule has 58 heavy (non-hydrogen) atoms. The number of amides is 6. The lowest BCUT2D eigenvalue weighted by atomic mass is 9.94. The summed E-state index contributed by atoms with van der Waals surface area (Å²) in [5.41, 5.74) is 4.32. The average Bonchev–Trinajstić information content (AvgIpc) is 3.77. The van der Waals surface area contributed by atoms with E-state index in [-0.39, 0.29) is 42.4 Å². The Morgan fingerprint density at radius 1 is 0.862 bits per heavy atom. The summed E-state index contributed by atoms with van der Waals surface area (Å²) in [5.74, 6) is -1.31. The highest BCUT2D eigenvalue weighted by Crippen LogP contribution is 2.39. The molecule has 0 radical (unpaired) electrons. The third-order valence-electron chi connectivity index (χ3n) is 12.5. The van der Waals surface area contributed by atoms with Gasteiger partial charge in [-0.05, 0) is 92.8 Å². The third-order valence-corrected chi connectivity index (χ3v) is 12.5. The zero-order valence-corrected chi connectivity index (χ0v) is 31.9. The van der Waals surface area contributed by atoms with E-state index in [1.54, 1.807) is 41.2 Å². The molecule has 1 atom stereocenters. The van der Waals surface area contributed by atoms with Crippen LogP contribution in [0.15, 0.2) is 55.0 Å². The number of hydrogen-bond acceptors (Lipinski definition) is 11. The molecule has 16 heteroatoms. The zero-order chi connectivity index (χ0) is 39.7. The van der Waals surface area contributed by atoms with Crippen LogP contribution in [0.25, 0.3) is 5.65 Å². The van der Waals surface area contributed by atoms with E-state index in [2.05, 4.69) is 30.5 Å². The maximum atomic E-state index is 13.9. The first-order chi connectivity index (χ1) is 28.2. The number of hydrogen-bond donors (Lipinski definition) is 2. The monoisotopic (exact) mass is 785 g/mol. The van der Waals surface area contributed by atoms with Crippen molar-refractivity contribution in [3.63, 3.8) is 0 Å². The summed E-state index contributed by atoms with van der Waals surface area (Å²) in [6, 6.07) is 9.90. The molecule has 3 saturated heterocycles. The molecule has 0 spiro atoms. The normalized spacial score (nSPS) is 21.8. The van der Waals surface area contributed by atoms with Gasteiger partial charge in [0.2, 0.25) is 11.8 Å². The number of likely N-dealkylation sites (tertiary alicyclic amines) is 1. The molecule has 4 fully saturated rings. The van der Waals surface area contributed by atoms with Crippen molar-refractivity contribution >= 4 is 52.5 Å². The standard InChI is InChI=1S/C42H43N9O7/c52-36-7-6-34(39(54)46-36)51-41(56)29-5-2-27(19-31(29)42(51)57)48-16-8-24(9-17-48)22-47-14-10-26(11-15-47)49-23-25-18-33(35(58-28-3-4-28)20-30(25)40(49)55)45-38(53)32-21-44-50-13-1-12-43-37(32)50/h1-2,5,12-13,18-21,24,26,28,34H,3-4,6-11,14-17,22-23H2,(H,45,53)(H,46,52,54). The summed E-state index contributed by atoms with van der Waals surface area (Å²) in [7, 11) is 0. The van der Waals surface area contributed by atoms with Gasteiger partial charge in [-0.25, -0.2) is 9.50 Å². The third kappa shape index (κ3) is 6.54. The van der Waals surface area contributed by atoms with Crippen molar-refractivity contribution in [1.29, 1.82) is 0 Å². The maximum Gasteiger partial charge on any atom is 0.262 e. The topological polar surface area (TPSA) is 179 Å². The van der Waals surface area contributed by atoms with Gasteiger partial charge in [-0.1, -0.05) is 0 Å². The number of nitrogens with zero attached hydrogens (tertiary/aromatic N) is 7. The first-order valence-electron chi connectivity index (χ1n) is 20.3. The van der Waals surface area contributed by atoms with E-state index in [1.165, 1.54) is 6.20 Å². The lowest BCUT2D eigenvalue weighted by molar-refractivity contribution is -0.136. The van der Waals surface area contributed by atoms with E-state index in [4.69, 9.17) is 4.74 Å². The van der Waals surface area contributed by atoms with Crippen molar-refractivity contribution in [2.45, 2.75) is 76.1 Å². The summed E-state index contributed by atoms with van der Waals surface area (Å²) in [6.07, 6.45) is 10.8. The molecule has 2 N–H and O–H groups in total. The van der Waals surface area contributed by atoms with Gasteiger partial charge in [-0.3, -0.25) is 39.0 Å². The number of carbonyl (C=O) groups is 6. The van der Waals surface area contributed by atoms with Crippen LogP contribution in [0, 0.1) is 5.92 Å². The Morgan fingerprint density at radius 3 is 2.43 bits per heavy atom. The van der Waals surface area contributed by atoms with Gasteiger partial charge in [-0.15, -0.1) is 0 Å². The first-order valence-corrected chi connectivity index (χ1v) is 20.3. The Kier molecular flexibility index (Phi) is 8.95. The highest BCUT2D eigenvalue weighted by molar-refractivity contribution is 6.23. The van der Waals surface area contributed by atoms with Gasteiger partial charge in [0.15, 0.2) is 5.65 Å². The van der Waals surface area contributed by atoms with Crippen molar-refractivity contribution in [2.75, 3.05) is 42.9 Å². The van der Waals surface area contributed by atoms with Gasteiger partial charge in [0.1, 0.15) is 17.4 Å². The number of anilines is 2. The van der Waals surface area contributed by atoms with Crippen LogP contribution in [-0.2, 0) is 16.1 Å². The summed E-state index contributed by atoms with van der Waals surface area (Å²) < 4.78 is 7.77. The number of imide groups is 2. The quantitative estimate of drug-likeness (QED) is 0.238. The van der Waals surface area contributed by atoms with Crippen molar-refractivity contribution in [3.8, 4) is 5.75 Å². The van der Waals surface area contributed by atoms with Crippen molar-refractivity contribution in [3.05, 3.63) is 82.8 Å². The molecule has 298 valence electrons. The van der Waals surface area contributed by atoms with E-state index >= 15 is 0 Å². The Balaban J connectivity index is 0.734. The second kappa shape index (κ2) is 14.3. The summed E-state index contributed by atoms with van der Waals surface area (Å²) in [6.45, 7) is 4.93. The SMILES string of the molecule is O=C1CCC(N2C(=O)c3ccc(N4CCC(CN5CCC(N6Cc7cc(NC(=O)c8cnn9cccnc89)c(OC8CC8)cc7C6=O)CC5)CC4)cc3C2=O)C(=O)N1. The molecule has 1 aliphatic carbocycles. The summed E-state index contributed by atoms with van der Waals surface area (Å²) >= 11 is 0. The van der Waals surface area contributed by atoms with Crippen LogP contribution in [0.2, 0.25) is 0 Å². The Labute approximate surface area is 333 Å². The molecule has 1 saturated carbocycles. The van der Waals surface area contributed by atoms with Crippen LogP contribution >= 0.6 is 0 Å². The lowest BCUT2D eigenvalue weighted by Crippen LogP contribution is -2.54. The molecular formula is C42H43N9O7. The summed E-state index contributed by atoms with van der Waals surface area (Å²) in [4.78, 5) is 90.0. The van der Waals surface area contributed by atoms with Crippen molar-refractivity contribution in [2.24, 2.45) is 5.92 Å². The number of fused-ring (bicyclic) bond motifs is 3. The smallest absolute Gasteiger partial charge is 0.262 e. The molecule has 16 nitrogen and oxygen atoms in total. The molecule has 2 aromatic carbocycles. The van der Waals surface area contributed by atoms with E-state index < -0.39 is 29.7 Å². The number of carbonyl (C=O) groups excluding carboxylic acids is 6. The zero-order valence-electron chi connectivity index (χ0n) is 31.9. The van der Waals surface area contributed by atoms with Crippen LogP contribution in [0.4, 0.5) is 11.4 Å². The van der Waals surface area contributed by atoms with E-state index in [0.717, 1.165) is 87.4 Å². The molecule has 1 unspecified atom stereocenters. The second-order valence-corrected chi connectivity index (χ2v) is 16.3. The maximum absolute atomic E-state index is 13.9. The second-order valence-electron chi connectivity index (χ2n) is 16.3. The molecule has 6 amide bonds. The predicted octanol–water partition coefficient (Wildman–Crippen LogP) is 3.26. The largest absolute Gasteiger partial charge is 0.488 e. The first kappa shape index (κ1) is 36.2. The van der Waals surface area contributed by atoms with Crippen LogP contribution in [0.3, 0.4) is 0 Å². The molecule has 5 aliphatic heterocycles. The van der Waals surface area contributed by atoms with Gasteiger partial charge in [0.25, 0.3) is 23.6 Å². The molecule has 6 aliphatic rings. The van der Waals surface area contributed by atoms with Crippen molar-refractivity contribution in [1.82, 2.24) is 34.6 Å². The molecule has 4 aromatic rings. The highest BCUT2D eigenvalue weighted by Gasteiger charge is 2.45. The molecule has 0 bridgehead atoms. The van der Waals surface area contributed by atoms with Crippen LogP contribution in [0.1, 0.15) is 98.4 Å². The van der Waals surface area contributed by atoms with Crippen molar-refractivity contribution < 1.29 is 33.5 Å². The molecule has 7 heterocycles. The Morgan fingerprint density at radius 2 is 1.66 bits per heavy atom. The van der Waals surface area contributed by atoms with Gasteiger partial charge in [-0.2, -0.15) is 5.10 Å².